The van der Waals surface area contributed by atoms with Gasteiger partial charge in [0.1, 0.15) is 5.76 Å². The first kappa shape index (κ1) is 14.8. The van der Waals surface area contributed by atoms with Crippen LogP contribution in [0.2, 0.25) is 0 Å². The van der Waals surface area contributed by atoms with Crippen molar-refractivity contribution >= 4 is 11.8 Å². The molecule has 2 amide bonds. The van der Waals surface area contributed by atoms with Crippen molar-refractivity contribution < 1.29 is 18.7 Å². The van der Waals surface area contributed by atoms with Crippen molar-refractivity contribution in [1.82, 2.24) is 9.80 Å². The summed E-state index contributed by atoms with van der Waals surface area (Å²) >= 11 is 0. The zero-order valence-corrected chi connectivity index (χ0v) is 13.4. The minimum absolute atomic E-state index is 0.00791. The quantitative estimate of drug-likeness (QED) is 0.830. The van der Waals surface area contributed by atoms with E-state index in [9.17, 15) is 9.59 Å². The summed E-state index contributed by atoms with van der Waals surface area (Å²) in [6.07, 6.45) is 4.91. The summed E-state index contributed by atoms with van der Waals surface area (Å²) in [5.41, 5.74) is 0.614. The van der Waals surface area contributed by atoms with Gasteiger partial charge in [-0.1, -0.05) is 0 Å². The molecule has 6 heteroatoms. The maximum atomic E-state index is 12.9. The van der Waals surface area contributed by atoms with Crippen molar-refractivity contribution in [2.45, 2.75) is 50.8 Å². The number of nitrogens with zero attached hydrogens (tertiary/aromatic N) is 2. The molecule has 0 unspecified atom stereocenters. The molecular weight excluding hydrogens is 296 g/mol. The van der Waals surface area contributed by atoms with Gasteiger partial charge in [0.15, 0.2) is 0 Å². The monoisotopic (exact) mass is 318 g/mol. The molecule has 0 N–H and O–H groups in total. The molecule has 3 fully saturated rings. The predicted molar refractivity (Wildman–Crippen MR) is 82.0 cm³/mol. The van der Waals surface area contributed by atoms with E-state index in [-0.39, 0.29) is 30.0 Å². The average molecular weight is 318 g/mol. The molecule has 3 aliphatic heterocycles. The number of carbonyl (C=O) groups excluding carboxylic acids is 2. The number of hydrogen-bond donors (Lipinski definition) is 0. The number of carbonyl (C=O) groups is 2. The molecular formula is C17H22N2O4. The maximum absolute atomic E-state index is 12.9. The highest BCUT2D eigenvalue weighted by atomic mass is 16.5. The number of fused-ring (bicyclic) bond motifs is 1. The zero-order chi connectivity index (χ0) is 16.0. The lowest BCUT2D eigenvalue weighted by molar-refractivity contribution is -0.132. The third-order valence-corrected chi connectivity index (χ3v) is 5.36. The van der Waals surface area contributed by atoms with Crippen molar-refractivity contribution in [2.75, 3.05) is 19.7 Å². The standard InChI is InChI=1S/C17H22N2O4/c1-11-12(6-9-22-11)17(21)19-10-14(18-7-2-5-15(18)20)16-13(19)4-3-8-23-16/h6,9,13-14,16H,2-5,7-8,10H2,1H3/t13-,14-,16+/m0/s1. The Bertz CT molecular complexity index is 626. The Hall–Kier alpha value is -1.82. The van der Waals surface area contributed by atoms with E-state index < -0.39 is 0 Å². The van der Waals surface area contributed by atoms with Crippen molar-refractivity contribution in [3.63, 3.8) is 0 Å². The van der Waals surface area contributed by atoms with Gasteiger partial charge in [0, 0.05) is 26.1 Å². The first-order chi connectivity index (χ1) is 11.2. The molecule has 1 aromatic rings. The highest BCUT2D eigenvalue weighted by Gasteiger charge is 2.50. The number of amides is 2. The van der Waals surface area contributed by atoms with Gasteiger partial charge in [-0.2, -0.15) is 0 Å². The summed E-state index contributed by atoms with van der Waals surface area (Å²) in [5, 5.41) is 0. The summed E-state index contributed by atoms with van der Waals surface area (Å²) in [7, 11) is 0. The number of ether oxygens (including phenoxy) is 1. The molecule has 124 valence electrons. The van der Waals surface area contributed by atoms with Gasteiger partial charge >= 0.3 is 0 Å². The topological polar surface area (TPSA) is 63.0 Å². The average Bonchev–Trinajstić information content (AvgIpc) is 3.25. The molecule has 0 radical (unpaired) electrons. The van der Waals surface area contributed by atoms with Crippen LogP contribution in [0.3, 0.4) is 0 Å². The Balaban J connectivity index is 1.61. The zero-order valence-electron chi connectivity index (χ0n) is 13.4. The molecule has 0 aliphatic carbocycles. The molecule has 0 saturated carbocycles. The van der Waals surface area contributed by atoms with Crippen LogP contribution >= 0.6 is 0 Å². The summed E-state index contributed by atoms with van der Waals surface area (Å²) < 4.78 is 11.3. The molecule has 4 heterocycles. The minimum atomic E-state index is -0.0537. The lowest BCUT2D eigenvalue weighted by atomic mass is 10.00. The number of aryl methyl sites for hydroxylation is 1. The second-order valence-electron chi connectivity index (χ2n) is 6.65. The molecule has 3 saturated heterocycles. The van der Waals surface area contributed by atoms with Crippen LogP contribution < -0.4 is 0 Å². The largest absolute Gasteiger partial charge is 0.469 e. The van der Waals surface area contributed by atoms with Crippen LogP contribution in [-0.2, 0) is 9.53 Å². The third-order valence-electron chi connectivity index (χ3n) is 5.36. The molecule has 0 aromatic carbocycles. The van der Waals surface area contributed by atoms with Gasteiger partial charge in [0.2, 0.25) is 5.91 Å². The van der Waals surface area contributed by atoms with Gasteiger partial charge in [-0.25, -0.2) is 0 Å². The van der Waals surface area contributed by atoms with E-state index in [1.54, 1.807) is 19.3 Å². The first-order valence-corrected chi connectivity index (χ1v) is 8.43. The van der Waals surface area contributed by atoms with E-state index in [2.05, 4.69) is 0 Å². The van der Waals surface area contributed by atoms with Crippen LogP contribution in [0.5, 0.6) is 0 Å². The molecule has 3 atom stereocenters. The third kappa shape index (κ3) is 2.36. The Kier molecular flexibility index (Phi) is 3.64. The fourth-order valence-electron chi connectivity index (χ4n) is 4.22. The van der Waals surface area contributed by atoms with E-state index in [0.717, 1.165) is 25.8 Å². The second-order valence-corrected chi connectivity index (χ2v) is 6.65. The van der Waals surface area contributed by atoms with Crippen LogP contribution in [0.1, 0.15) is 41.8 Å². The van der Waals surface area contributed by atoms with Crippen molar-refractivity contribution in [3.8, 4) is 0 Å². The van der Waals surface area contributed by atoms with Crippen LogP contribution in [0.4, 0.5) is 0 Å². The smallest absolute Gasteiger partial charge is 0.257 e. The van der Waals surface area contributed by atoms with Gasteiger partial charge in [-0.15, -0.1) is 0 Å². The predicted octanol–water partition coefficient (Wildman–Crippen LogP) is 1.58. The first-order valence-electron chi connectivity index (χ1n) is 8.43. The highest BCUT2D eigenvalue weighted by molar-refractivity contribution is 5.95. The minimum Gasteiger partial charge on any atom is -0.469 e. The number of rotatable bonds is 2. The normalized spacial score (nSPS) is 30.8. The van der Waals surface area contributed by atoms with Gasteiger partial charge in [0.25, 0.3) is 5.91 Å². The molecule has 3 aliphatic rings. The summed E-state index contributed by atoms with van der Waals surface area (Å²) in [6.45, 7) is 3.86. The van der Waals surface area contributed by atoms with Crippen molar-refractivity contribution in [3.05, 3.63) is 23.7 Å². The Morgan fingerprint density at radius 2 is 2.17 bits per heavy atom. The fourth-order valence-corrected chi connectivity index (χ4v) is 4.22. The van der Waals surface area contributed by atoms with Gasteiger partial charge in [0.05, 0.1) is 30.0 Å². The molecule has 6 nitrogen and oxygen atoms in total. The van der Waals surface area contributed by atoms with Crippen LogP contribution in [-0.4, -0.2) is 59.5 Å². The van der Waals surface area contributed by atoms with E-state index in [1.807, 2.05) is 9.80 Å². The summed E-state index contributed by atoms with van der Waals surface area (Å²) in [4.78, 5) is 28.9. The maximum Gasteiger partial charge on any atom is 0.257 e. The van der Waals surface area contributed by atoms with E-state index in [1.165, 1.54) is 0 Å². The molecule has 0 spiro atoms. The van der Waals surface area contributed by atoms with Crippen LogP contribution in [0.25, 0.3) is 0 Å². The summed E-state index contributed by atoms with van der Waals surface area (Å²) in [6, 6.07) is 1.78. The lowest BCUT2D eigenvalue weighted by Gasteiger charge is -2.34. The number of furan rings is 1. The van der Waals surface area contributed by atoms with Gasteiger partial charge in [-0.05, 0) is 32.3 Å². The van der Waals surface area contributed by atoms with E-state index in [4.69, 9.17) is 9.15 Å². The van der Waals surface area contributed by atoms with Crippen LogP contribution in [0.15, 0.2) is 16.7 Å². The van der Waals surface area contributed by atoms with E-state index >= 15 is 0 Å². The van der Waals surface area contributed by atoms with E-state index in [0.29, 0.717) is 30.9 Å². The van der Waals surface area contributed by atoms with Crippen LogP contribution in [0, 0.1) is 6.92 Å². The molecule has 23 heavy (non-hydrogen) atoms. The van der Waals surface area contributed by atoms with Gasteiger partial charge < -0.3 is 19.0 Å². The van der Waals surface area contributed by atoms with Crippen molar-refractivity contribution in [2.24, 2.45) is 0 Å². The Morgan fingerprint density at radius 1 is 1.30 bits per heavy atom. The number of likely N-dealkylation sites (tertiary alicyclic amines) is 2. The fraction of sp³-hybridized carbons (Fsp3) is 0.647. The Labute approximate surface area is 135 Å². The Morgan fingerprint density at radius 3 is 2.87 bits per heavy atom. The summed E-state index contributed by atoms with van der Waals surface area (Å²) in [5.74, 6) is 0.826. The molecule has 1 aromatic heterocycles. The highest BCUT2D eigenvalue weighted by Crippen LogP contribution is 2.34. The lowest BCUT2D eigenvalue weighted by Crippen LogP contribution is -2.48. The van der Waals surface area contributed by atoms with Gasteiger partial charge in [-0.3, -0.25) is 9.59 Å². The second kappa shape index (κ2) is 5.67. The SMILES string of the molecule is Cc1occc1C(=O)N1C[C@H](N2CCCC2=O)[C@@H]2OCCC[C@@H]21. The molecule has 0 bridgehead atoms. The molecule has 4 rings (SSSR count). The number of hydrogen-bond acceptors (Lipinski definition) is 4. The van der Waals surface area contributed by atoms with Crippen molar-refractivity contribution in [1.29, 1.82) is 0 Å².